The number of hydrogen-bond donors (Lipinski definition) is 3. The van der Waals surface area contributed by atoms with Crippen LogP contribution in [0.3, 0.4) is 0 Å². The molecule has 2 aromatic carbocycles. The van der Waals surface area contributed by atoms with Gasteiger partial charge in [-0.05, 0) is 67.6 Å². The molecule has 0 unspecified atom stereocenters. The Kier molecular flexibility index (Phi) is 6.29. The van der Waals surface area contributed by atoms with Crippen LogP contribution in [0.15, 0.2) is 47.3 Å². The first-order chi connectivity index (χ1) is 13.9. The van der Waals surface area contributed by atoms with Crippen LogP contribution in [-0.2, 0) is 6.54 Å². The van der Waals surface area contributed by atoms with E-state index in [0.717, 1.165) is 22.0 Å². The number of urea groups is 1. The van der Waals surface area contributed by atoms with Crippen LogP contribution in [0.5, 0.6) is 0 Å². The maximum absolute atomic E-state index is 13.1. The van der Waals surface area contributed by atoms with Crippen LogP contribution in [0.25, 0.3) is 10.9 Å². The van der Waals surface area contributed by atoms with Gasteiger partial charge in [-0.1, -0.05) is 11.6 Å². The normalized spacial score (nSPS) is 10.9. The third kappa shape index (κ3) is 5.00. The van der Waals surface area contributed by atoms with Crippen molar-refractivity contribution in [2.24, 2.45) is 0 Å². The van der Waals surface area contributed by atoms with Gasteiger partial charge in [0.2, 0.25) is 0 Å². The largest absolute Gasteiger partial charge is 0.396 e. The molecule has 6 nitrogen and oxygen atoms in total. The van der Waals surface area contributed by atoms with E-state index in [0.29, 0.717) is 17.7 Å². The number of anilines is 1. The Morgan fingerprint density at radius 2 is 1.90 bits per heavy atom. The quantitative estimate of drug-likeness (QED) is 0.593. The van der Waals surface area contributed by atoms with Crippen molar-refractivity contribution in [2.75, 3.05) is 18.5 Å². The number of nitrogens with one attached hydrogen (secondary N) is 2. The molecule has 3 rings (SSSR count). The van der Waals surface area contributed by atoms with E-state index in [1.807, 2.05) is 26.0 Å². The number of aryl methyl sites for hydroxylation is 2. The number of nitrogens with zero attached hydrogens (tertiary/aromatic N) is 1. The maximum atomic E-state index is 13.1. The molecule has 3 aromatic rings. The van der Waals surface area contributed by atoms with Crippen LogP contribution in [0.2, 0.25) is 0 Å². The number of aromatic nitrogens is 1. The number of carbonyl (C=O) groups excluding carboxylic acids is 1. The number of H-pyrrole nitrogens is 1. The third-order valence-electron chi connectivity index (χ3n) is 4.70. The van der Waals surface area contributed by atoms with E-state index in [9.17, 15) is 19.1 Å². The minimum Gasteiger partial charge on any atom is -0.396 e. The Morgan fingerprint density at radius 1 is 1.17 bits per heavy atom. The molecule has 152 valence electrons. The van der Waals surface area contributed by atoms with Crippen LogP contribution >= 0.6 is 0 Å². The molecule has 1 aromatic heterocycles. The lowest BCUT2D eigenvalue weighted by atomic mass is 10.1. The van der Waals surface area contributed by atoms with Crippen LogP contribution in [0.1, 0.15) is 23.1 Å². The van der Waals surface area contributed by atoms with Gasteiger partial charge in [-0.2, -0.15) is 0 Å². The smallest absolute Gasteiger partial charge is 0.322 e. The lowest BCUT2D eigenvalue weighted by Crippen LogP contribution is -2.37. The van der Waals surface area contributed by atoms with E-state index >= 15 is 0 Å². The molecule has 0 radical (unpaired) electrons. The minimum absolute atomic E-state index is 0.0766. The number of benzene rings is 2. The van der Waals surface area contributed by atoms with Gasteiger partial charge >= 0.3 is 6.03 Å². The summed E-state index contributed by atoms with van der Waals surface area (Å²) in [4.78, 5) is 29.7. The summed E-state index contributed by atoms with van der Waals surface area (Å²) in [6.45, 7) is 4.21. The van der Waals surface area contributed by atoms with E-state index in [4.69, 9.17) is 0 Å². The Morgan fingerprint density at radius 3 is 2.59 bits per heavy atom. The van der Waals surface area contributed by atoms with Gasteiger partial charge in [0.15, 0.2) is 0 Å². The third-order valence-corrected chi connectivity index (χ3v) is 4.70. The van der Waals surface area contributed by atoms with Crippen molar-refractivity contribution < 1.29 is 14.3 Å². The standard InChI is InChI=1S/C22H24FN3O3/c1-14-10-15(2)20-16(11-14)12-17(21(28)25-20)13-26(8-3-9-27)22(29)24-19-6-4-18(23)5-7-19/h4-7,10-12,27H,3,8-9,13H2,1-2H3,(H,24,29)(H,25,28). The van der Waals surface area contributed by atoms with Crippen LogP contribution in [0, 0.1) is 19.7 Å². The highest BCUT2D eigenvalue weighted by molar-refractivity contribution is 5.89. The lowest BCUT2D eigenvalue weighted by molar-refractivity contribution is 0.199. The van der Waals surface area contributed by atoms with Crippen LogP contribution < -0.4 is 10.9 Å². The fourth-order valence-corrected chi connectivity index (χ4v) is 3.30. The fourth-order valence-electron chi connectivity index (χ4n) is 3.30. The highest BCUT2D eigenvalue weighted by Crippen LogP contribution is 2.19. The zero-order chi connectivity index (χ0) is 21.0. The van der Waals surface area contributed by atoms with E-state index in [2.05, 4.69) is 10.3 Å². The maximum Gasteiger partial charge on any atom is 0.322 e. The lowest BCUT2D eigenvalue weighted by Gasteiger charge is -2.23. The summed E-state index contributed by atoms with van der Waals surface area (Å²) in [5.41, 5.74) is 3.49. The first-order valence-corrected chi connectivity index (χ1v) is 9.43. The first kappa shape index (κ1) is 20.5. The second-order valence-corrected chi connectivity index (χ2v) is 7.11. The Labute approximate surface area is 168 Å². The molecule has 0 aliphatic carbocycles. The number of halogens is 1. The summed E-state index contributed by atoms with van der Waals surface area (Å²) in [5, 5.41) is 12.8. The van der Waals surface area contributed by atoms with E-state index in [1.54, 1.807) is 6.07 Å². The molecule has 7 heteroatoms. The Balaban J connectivity index is 1.87. The van der Waals surface area contributed by atoms with Gasteiger partial charge in [-0.25, -0.2) is 9.18 Å². The van der Waals surface area contributed by atoms with Gasteiger partial charge < -0.3 is 20.3 Å². The number of rotatable bonds is 6. The molecule has 2 amide bonds. The number of fused-ring (bicyclic) bond motifs is 1. The number of hydrogen-bond acceptors (Lipinski definition) is 3. The summed E-state index contributed by atoms with van der Waals surface area (Å²) in [5.74, 6) is -0.395. The van der Waals surface area contributed by atoms with Crippen molar-refractivity contribution in [1.82, 2.24) is 9.88 Å². The first-order valence-electron chi connectivity index (χ1n) is 9.43. The van der Waals surface area contributed by atoms with Gasteiger partial charge in [0.05, 0.1) is 12.1 Å². The Hall–Kier alpha value is -3.19. The predicted molar refractivity (Wildman–Crippen MR) is 112 cm³/mol. The predicted octanol–water partition coefficient (Wildman–Crippen LogP) is 3.70. The second-order valence-electron chi connectivity index (χ2n) is 7.11. The summed E-state index contributed by atoms with van der Waals surface area (Å²) >= 11 is 0. The minimum atomic E-state index is -0.426. The molecule has 0 spiro atoms. The number of carbonyl (C=O) groups is 1. The van der Waals surface area contributed by atoms with Crippen molar-refractivity contribution in [2.45, 2.75) is 26.8 Å². The second kappa shape index (κ2) is 8.87. The van der Waals surface area contributed by atoms with Crippen molar-refractivity contribution in [3.05, 3.63) is 75.3 Å². The van der Waals surface area contributed by atoms with Crippen molar-refractivity contribution in [1.29, 1.82) is 0 Å². The van der Waals surface area contributed by atoms with E-state index < -0.39 is 11.8 Å². The molecule has 0 fully saturated rings. The fraction of sp³-hybridized carbons (Fsp3) is 0.273. The van der Waals surface area contributed by atoms with Crippen LogP contribution in [-0.4, -0.2) is 34.2 Å². The molecule has 0 atom stereocenters. The van der Waals surface area contributed by atoms with E-state index in [-0.39, 0.29) is 25.3 Å². The van der Waals surface area contributed by atoms with Gasteiger partial charge in [0, 0.05) is 24.4 Å². The summed E-state index contributed by atoms with van der Waals surface area (Å²) < 4.78 is 13.1. The molecular weight excluding hydrogens is 373 g/mol. The monoisotopic (exact) mass is 397 g/mol. The molecule has 3 N–H and O–H groups in total. The molecule has 29 heavy (non-hydrogen) atoms. The highest BCUT2D eigenvalue weighted by atomic mass is 19.1. The van der Waals surface area contributed by atoms with Gasteiger partial charge in [-0.3, -0.25) is 4.79 Å². The number of aliphatic hydroxyl groups excluding tert-OH is 1. The molecule has 0 aliphatic heterocycles. The summed E-state index contributed by atoms with van der Waals surface area (Å²) in [6, 6.07) is 10.8. The summed E-state index contributed by atoms with van der Waals surface area (Å²) in [6.07, 6.45) is 0.376. The average molecular weight is 397 g/mol. The molecule has 0 aliphatic rings. The highest BCUT2D eigenvalue weighted by Gasteiger charge is 2.16. The summed E-state index contributed by atoms with van der Waals surface area (Å²) in [7, 11) is 0. The number of pyridine rings is 1. The SMILES string of the molecule is Cc1cc(C)c2[nH]c(=O)c(CN(CCCO)C(=O)Nc3ccc(F)cc3)cc2c1. The molecule has 0 saturated carbocycles. The topological polar surface area (TPSA) is 85.4 Å². The molecule has 0 saturated heterocycles. The van der Waals surface area contributed by atoms with Crippen molar-refractivity contribution >= 4 is 22.6 Å². The number of aliphatic hydroxyl groups is 1. The zero-order valence-electron chi connectivity index (χ0n) is 16.5. The molecule has 0 bridgehead atoms. The average Bonchev–Trinajstić information content (AvgIpc) is 2.67. The number of aromatic amines is 1. The molecule has 1 heterocycles. The van der Waals surface area contributed by atoms with E-state index in [1.165, 1.54) is 29.2 Å². The van der Waals surface area contributed by atoms with Gasteiger partial charge in [0.1, 0.15) is 5.82 Å². The van der Waals surface area contributed by atoms with Crippen molar-refractivity contribution in [3.8, 4) is 0 Å². The number of amides is 2. The Bertz CT molecular complexity index is 1080. The zero-order valence-corrected chi connectivity index (χ0v) is 16.5. The molecular formula is C22H24FN3O3. The van der Waals surface area contributed by atoms with Crippen LogP contribution in [0.4, 0.5) is 14.9 Å². The van der Waals surface area contributed by atoms with Crippen molar-refractivity contribution in [3.63, 3.8) is 0 Å². The van der Waals surface area contributed by atoms with Gasteiger partial charge in [0.25, 0.3) is 5.56 Å². The van der Waals surface area contributed by atoms with Gasteiger partial charge in [-0.15, -0.1) is 0 Å².